The van der Waals surface area contributed by atoms with Crippen LogP contribution in [0.1, 0.15) is 12.5 Å². The van der Waals surface area contributed by atoms with Crippen LogP contribution in [0.15, 0.2) is 54.6 Å². The zero-order valence-electron chi connectivity index (χ0n) is 11.3. The SMILES string of the molecule is CC(Nc1cccc(CO)c1)C(=O)Nc1ccccc1. The molecule has 2 aromatic rings. The summed E-state index contributed by atoms with van der Waals surface area (Å²) >= 11 is 0. The Kier molecular flexibility index (Phi) is 4.74. The Bertz CT molecular complexity index is 570. The molecule has 0 heterocycles. The molecule has 1 unspecified atom stereocenters. The highest BCUT2D eigenvalue weighted by atomic mass is 16.3. The predicted octanol–water partition coefficient (Wildman–Crippen LogP) is 2.62. The molecule has 0 aliphatic rings. The van der Waals surface area contributed by atoms with Crippen LogP contribution in [0.4, 0.5) is 11.4 Å². The van der Waals surface area contributed by atoms with Gasteiger partial charge in [-0.1, -0.05) is 30.3 Å². The van der Waals surface area contributed by atoms with E-state index in [0.29, 0.717) is 0 Å². The van der Waals surface area contributed by atoms with Crippen molar-refractivity contribution in [3.05, 3.63) is 60.2 Å². The average Bonchev–Trinajstić information content (AvgIpc) is 2.48. The van der Waals surface area contributed by atoms with Crippen molar-refractivity contribution >= 4 is 17.3 Å². The molecule has 0 aliphatic carbocycles. The fourth-order valence-corrected chi connectivity index (χ4v) is 1.85. The Hall–Kier alpha value is -2.33. The van der Waals surface area contributed by atoms with Crippen molar-refractivity contribution < 1.29 is 9.90 Å². The first kappa shape index (κ1) is 14.1. The number of carbonyl (C=O) groups excluding carboxylic acids is 1. The van der Waals surface area contributed by atoms with Crippen molar-refractivity contribution in [2.45, 2.75) is 19.6 Å². The molecular weight excluding hydrogens is 252 g/mol. The Labute approximate surface area is 118 Å². The van der Waals surface area contributed by atoms with Gasteiger partial charge in [-0.15, -0.1) is 0 Å². The molecule has 1 atom stereocenters. The van der Waals surface area contributed by atoms with Crippen LogP contribution in [-0.4, -0.2) is 17.1 Å². The van der Waals surface area contributed by atoms with Crippen molar-refractivity contribution in [3.63, 3.8) is 0 Å². The fraction of sp³-hybridized carbons (Fsp3) is 0.188. The van der Waals surface area contributed by atoms with Crippen molar-refractivity contribution in [1.82, 2.24) is 0 Å². The first-order chi connectivity index (χ1) is 9.69. The van der Waals surface area contributed by atoms with E-state index in [4.69, 9.17) is 5.11 Å². The number of hydrogen-bond donors (Lipinski definition) is 3. The normalized spacial score (nSPS) is 11.7. The quantitative estimate of drug-likeness (QED) is 0.782. The summed E-state index contributed by atoms with van der Waals surface area (Å²) in [7, 11) is 0. The molecule has 0 saturated carbocycles. The zero-order chi connectivity index (χ0) is 14.4. The van der Waals surface area contributed by atoms with E-state index in [1.54, 1.807) is 6.92 Å². The van der Waals surface area contributed by atoms with Crippen LogP contribution in [0, 0.1) is 0 Å². The molecule has 2 aromatic carbocycles. The number of para-hydroxylation sites is 1. The van der Waals surface area contributed by atoms with Gasteiger partial charge < -0.3 is 15.7 Å². The van der Waals surface area contributed by atoms with Gasteiger partial charge in [0.1, 0.15) is 6.04 Å². The molecule has 104 valence electrons. The van der Waals surface area contributed by atoms with Crippen LogP contribution < -0.4 is 10.6 Å². The third-order valence-electron chi connectivity index (χ3n) is 2.93. The number of amides is 1. The van der Waals surface area contributed by atoms with E-state index in [-0.39, 0.29) is 18.6 Å². The zero-order valence-corrected chi connectivity index (χ0v) is 11.3. The number of nitrogens with one attached hydrogen (secondary N) is 2. The molecule has 0 fully saturated rings. The van der Waals surface area contributed by atoms with Crippen LogP contribution in [0.3, 0.4) is 0 Å². The lowest BCUT2D eigenvalue weighted by molar-refractivity contribution is -0.116. The Morgan fingerprint density at radius 3 is 2.50 bits per heavy atom. The van der Waals surface area contributed by atoms with Crippen LogP contribution in [0.2, 0.25) is 0 Å². The minimum atomic E-state index is -0.371. The molecule has 0 radical (unpaired) electrons. The van der Waals surface area contributed by atoms with Crippen molar-refractivity contribution in [2.24, 2.45) is 0 Å². The minimum absolute atomic E-state index is 0.0138. The summed E-state index contributed by atoms with van der Waals surface area (Å²) in [4.78, 5) is 12.0. The maximum atomic E-state index is 12.0. The second-order valence-electron chi connectivity index (χ2n) is 4.58. The lowest BCUT2D eigenvalue weighted by atomic mass is 10.2. The van der Waals surface area contributed by atoms with Gasteiger partial charge in [0, 0.05) is 11.4 Å². The number of benzene rings is 2. The largest absolute Gasteiger partial charge is 0.392 e. The van der Waals surface area contributed by atoms with Crippen LogP contribution in [0.5, 0.6) is 0 Å². The molecule has 2 rings (SSSR count). The third kappa shape index (κ3) is 3.83. The maximum Gasteiger partial charge on any atom is 0.246 e. The summed E-state index contributed by atoms with van der Waals surface area (Å²) in [5, 5.41) is 15.0. The van der Waals surface area contributed by atoms with Crippen molar-refractivity contribution in [2.75, 3.05) is 10.6 Å². The summed E-state index contributed by atoms with van der Waals surface area (Å²) < 4.78 is 0. The van der Waals surface area contributed by atoms with Gasteiger partial charge in [0.15, 0.2) is 0 Å². The third-order valence-corrected chi connectivity index (χ3v) is 2.93. The summed E-state index contributed by atoms with van der Waals surface area (Å²) in [5.74, 6) is -0.106. The van der Waals surface area contributed by atoms with Gasteiger partial charge in [0.05, 0.1) is 6.61 Å². The van der Waals surface area contributed by atoms with Gasteiger partial charge in [-0.25, -0.2) is 0 Å². The minimum Gasteiger partial charge on any atom is -0.392 e. The van der Waals surface area contributed by atoms with E-state index < -0.39 is 0 Å². The van der Waals surface area contributed by atoms with Gasteiger partial charge in [0.2, 0.25) is 5.91 Å². The van der Waals surface area contributed by atoms with Crippen molar-refractivity contribution in [3.8, 4) is 0 Å². The van der Waals surface area contributed by atoms with Gasteiger partial charge in [-0.05, 0) is 36.8 Å². The maximum absolute atomic E-state index is 12.0. The Morgan fingerprint density at radius 1 is 1.10 bits per heavy atom. The summed E-state index contributed by atoms with van der Waals surface area (Å²) in [6.07, 6.45) is 0. The molecule has 4 heteroatoms. The smallest absolute Gasteiger partial charge is 0.246 e. The van der Waals surface area contributed by atoms with E-state index in [0.717, 1.165) is 16.9 Å². The highest BCUT2D eigenvalue weighted by Crippen LogP contribution is 2.13. The molecule has 0 saturated heterocycles. The Morgan fingerprint density at radius 2 is 1.80 bits per heavy atom. The number of carbonyl (C=O) groups is 1. The molecule has 1 amide bonds. The lowest BCUT2D eigenvalue weighted by Crippen LogP contribution is -2.31. The number of rotatable bonds is 5. The molecule has 0 bridgehead atoms. The summed E-state index contributed by atoms with van der Waals surface area (Å²) in [6, 6.07) is 16.3. The fourth-order valence-electron chi connectivity index (χ4n) is 1.85. The molecule has 20 heavy (non-hydrogen) atoms. The van der Waals surface area contributed by atoms with E-state index in [1.165, 1.54) is 0 Å². The highest BCUT2D eigenvalue weighted by molar-refractivity contribution is 5.96. The summed E-state index contributed by atoms with van der Waals surface area (Å²) in [5.41, 5.74) is 2.40. The second-order valence-corrected chi connectivity index (χ2v) is 4.58. The Balaban J connectivity index is 1.97. The number of aliphatic hydroxyl groups excluding tert-OH is 1. The first-order valence-electron chi connectivity index (χ1n) is 6.51. The topological polar surface area (TPSA) is 61.4 Å². The van der Waals surface area contributed by atoms with Crippen molar-refractivity contribution in [1.29, 1.82) is 0 Å². The van der Waals surface area contributed by atoms with Gasteiger partial charge in [0.25, 0.3) is 0 Å². The van der Waals surface area contributed by atoms with Gasteiger partial charge in [-0.2, -0.15) is 0 Å². The van der Waals surface area contributed by atoms with Gasteiger partial charge >= 0.3 is 0 Å². The van der Waals surface area contributed by atoms with Gasteiger partial charge in [-0.3, -0.25) is 4.79 Å². The molecule has 3 N–H and O–H groups in total. The second kappa shape index (κ2) is 6.73. The van der Waals surface area contributed by atoms with Crippen LogP contribution in [-0.2, 0) is 11.4 Å². The average molecular weight is 270 g/mol. The lowest BCUT2D eigenvalue weighted by Gasteiger charge is -2.15. The molecular formula is C16H18N2O2. The van der Waals surface area contributed by atoms with E-state index in [1.807, 2.05) is 54.6 Å². The number of aliphatic hydroxyl groups is 1. The van der Waals surface area contributed by atoms with Crippen LogP contribution >= 0.6 is 0 Å². The van der Waals surface area contributed by atoms with E-state index in [9.17, 15) is 4.79 Å². The predicted molar refractivity (Wildman–Crippen MR) is 80.5 cm³/mol. The number of hydrogen-bond acceptors (Lipinski definition) is 3. The molecule has 0 aromatic heterocycles. The molecule has 0 spiro atoms. The monoisotopic (exact) mass is 270 g/mol. The van der Waals surface area contributed by atoms with E-state index >= 15 is 0 Å². The van der Waals surface area contributed by atoms with E-state index in [2.05, 4.69) is 10.6 Å². The molecule has 0 aliphatic heterocycles. The highest BCUT2D eigenvalue weighted by Gasteiger charge is 2.12. The summed E-state index contributed by atoms with van der Waals surface area (Å²) in [6.45, 7) is 1.78. The first-order valence-corrected chi connectivity index (χ1v) is 6.51. The van der Waals surface area contributed by atoms with Crippen LogP contribution in [0.25, 0.3) is 0 Å². The molecule has 4 nitrogen and oxygen atoms in total. The number of anilines is 2. The standard InChI is InChI=1S/C16H18N2O2/c1-12(16(20)18-14-7-3-2-4-8-14)17-15-9-5-6-13(10-15)11-19/h2-10,12,17,19H,11H2,1H3,(H,18,20).